The van der Waals surface area contributed by atoms with E-state index in [9.17, 15) is 14.4 Å². The molecule has 0 radical (unpaired) electrons. The van der Waals surface area contributed by atoms with Crippen LogP contribution in [0, 0.1) is 13.8 Å². The number of nitrogens with zero attached hydrogens (tertiary/aromatic N) is 1. The second-order valence-corrected chi connectivity index (χ2v) is 7.12. The molecule has 1 aromatic heterocycles. The third-order valence-electron chi connectivity index (χ3n) is 4.89. The van der Waals surface area contributed by atoms with Crippen LogP contribution in [0.1, 0.15) is 42.5 Å². The molecular weight excluding hydrogens is 410 g/mol. The summed E-state index contributed by atoms with van der Waals surface area (Å²) in [7, 11) is 0. The van der Waals surface area contributed by atoms with Crippen LogP contribution in [-0.4, -0.2) is 47.2 Å². The molecular formula is C24H25N3O5. The normalized spacial score (nSPS) is 10.5. The van der Waals surface area contributed by atoms with Crippen LogP contribution >= 0.6 is 0 Å². The zero-order valence-electron chi connectivity index (χ0n) is 17.9. The summed E-state index contributed by atoms with van der Waals surface area (Å²) < 4.78 is 6.77. The monoisotopic (exact) mass is 435 g/mol. The van der Waals surface area contributed by atoms with Crippen LogP contribution in [0.15, 0.2) is 60.7 Å². The van der Waals surface area contributed by atoms with Crippen LogP contribution in [0.3, 0.4) is 0 Å². The molecule has 0 aliphatic rings. The fourth-order valence-corrected chi connectivity index (χ4v) is 3.27. The zero-order chi connectivity index (χ0) is 23.1. The maximum atomic E-state index is 12.7. The number of para-hydroxylation sites is 1. The molecule has 32 heavy (non-hydrogen) atoms. The van der Waals surface area contributed by atoms with Crippen molar-refractivity contribution in [1.29, 1.82) is 0 Å². The minimum absolute atomic E-state index is 0.0850. The number of hydrogen-bond acceptors (Lipinski definition) is 6. The Labute approximate surface area is 185 Å². The number of anilines is 1. The molecule has 0 atom stereocenters. The molecule has 0 aliphatic carbocycles. The largest absolute Gasteiger partial charge is 0.454 e. The molecule has 1 amide bonds. The summed E-state index contributed by atoms with van der Waals surface area (Å²) in [5, 5.41) is 11.9. The van der Waals surface area contributed by atoms with Crippen molar-refractivity contribution < 1.29 is 24.2 Å². The smallest absolute Gasteiger partial charge is 0.340 e. The van der Waals surface area contributed by atoms with Gasteiger partial charge in [0.15, 0.2) is 6.61 Å². The van der Waals surface area contributed by atoms with E-state index in [2.05, 4.69) is 10.7 Å². The molecule has 3 aromatic rings. The Morgan fingerprint density at radius 1 is 0.969 bits per heavy atom. The summed E-state index contributed by atoms with van der Waals surface area (Å²) in [5.74, 6) is -1.33. The third kappa shape index (κ3) is 5.22. The lowest BCUT2D eigenvalue weighted by atomic mass is 10.1. The van der Waals surface area contributed by atoms with E-state index in [0.29, 0.717) is 28.2 Å². The standard InChI is InChI=1S/C24H25N3O5/c1-16-14-20(17(2)27(16)26-23(30)18-8-4-3-5-9-18)22(29)15-32-24(31)19-10-6-7-11-21(19)25-12-13-28/h3-11,14,25,28H,12-13,15H2,1-2H3,(H,26,30). The van der Waals surface area contributed by atoms with Crippen molar-refractivity contribution in [3.05, 3.63) is 88.7 Å². The van der Waals surface area contributed by atoms with Gasteiger partial charge in [0.05, 0.1) is 12.2 Å². The van der Waals surface area contributed by atoms with Gasteiger partial charge in [0.1, 0.15) is 0 Å². The summed E-state index contributed by atoms with van der Waals surface area (Å²) in [6.07, 6.45) is 0. The van der Waals surface area contributed by atoms with Gasteiger partial charge in [0.25, 0.3) is 5.91 Å². The minimum atomic E-state index is -0.648. The number of esters is 1. The number of rotatable bonds is 9. The van der Waals surface area contributed by atoms with Gasteiger partial charge in [0, 0.05) is 34.7 Å². The quantitative estimate of drug-likeness (QED) is 0.352. The number of nitrogens with one attached hydrogen (secondary N) is 2. The first-order valence-electron chi connectivity index (χ1n) is 10.1. The van der Waals surface area contributed by atoms with Gasteiger partial charge in [-0.3, -0.25) is 19.7 Å². The van der Waals surface area contributed by atoms with Crippen molar-refractivity contribution in [3.63, 3.8) is 0 Å². The molecule has 3 N–H and O–H groups in total. The molecule has 0 saturated carbocycles. The molecule has 1 heterocycles. The minimum Gasteiger partial charge on any atom is -0.454 e. The number of aliphatic hydroxyl groups is 1. The van der Waals surface area contributed by atoms with E-state index in [1.54, 1.807) is 73.1 Å². The molecule has 0 saturated heterocycles. The molecule has 8 nitrogen and oxygen atoms in total. The van der Waals surface area contributed by atoms with Crippen molar-refractivity contribution in [3.8, 4) is 0 Å². The Morgan fingerprint density at radius 2 is 1.66 bits per heavy atom. The van der Waals surface area contributed by atoms with Gasteiger partial charge in [-0.1, -0.05) is 30.3 Å². The number of amides is 1. The van der Waals surface area contributed by atoms with Crippen molar-refractivity contribution in [2.75, 3.05) is 30.5 Å². The molecule has 3 rings (SSSR count). The maximum Gasteiger partial charge on any atom is 0.340 e. The van der Waals surface area contributed by atoms with E-state index < -0.39 is 12.6 Å². The number of benzene rings is 2. The van der Waals surface area contributed by atoms with Gasteiger partial charge in [-0.25, -0.2) is 4.79 Å². The first-order chi connectivity index (χ1) is 15.4. The van der Waals surface area contributed by atoms with Crippen molar-refractivity contribution in [2.24, 2.45) is 0 Å². The number of ether oxygens (including phenoxy) is 1. The Morgan fingerprint density at radius 3 is 2.38 bits per heavy atom. The Kier molecular flexibility index (Phi) is 7.41. The Bertz CT molecular complexity index is 1120. The number of Topliss-reactive ketones (excluding diaryl/α,β-unsaturated/α-hetero) is 1. The van der Waals surface area contributed by atoms with Crippen LogP contribution in [0.25, 0.3) is 0 Å². The highest BCUT2D eigenvalue weighted by Crippen LogP contribution is 2.18. The number of hydrogen-bond donors (Lipinski definition) is 3. The molecule has 0 bridgehead atoms. The maximum absolute atomic E-state index is 12.7. The zero-order valence-corrected chi connectivity index (χ0v) is 17.9. The predicted molar refractivity (Wildman–Crippen MR) is 121 cm³/mol. The molecule has 0 fully saturated rings. The highest BCUT2D eigenvalue weighted by atomic mass is 16.5. The second-order valence-electron chi connectivity index (χ2n) is 7.12. The van der Waals surface area contributed by atoms with Gasteiger partial charge in [-0.15, -0.1) is 0 Å². The topological polar surface area (TPSA) is 110 Å². The van der Waals surface area contributed by atoms with E-state index in [0.717, 1.165) is 0 Å². The van der Waals surface area contributed by atoms with Gasteiger partial charge >= 0.3 is 5.97 Å². The van der Waals surface area contributed by atoms with Crippen molar-refractivity contribution >= 4 is 23.3 Å². The number of carbonyl (C=O) groups is 3. The van der Waals surface area contributed by atoms with E-state index in [1.165, 1.54) is 0 Å². The highest BCUT2D eigenvalue weighted by molar-refractivity contribution is 6.03. The van der Waals surface area contributed by atoms with Crippen LogP contribution in [0.5, 0.6) is 0 Å². The summed E-state index contributed by atoms with van der Waals surface area (Å²) >= 11 is 0. The lowest BCUT2D eigenvalue weighted by Gasteiger charge is -2.12. The number of aliphatic hydroxyl groups excluding tert-OH is 1. The van der Waals surface area contributed by atoms with Crippen LogP contribution in [0.2, 0.25) is 0 Å². The van der Waals surface area contributed by atoms with Crippen LogP contribution < -0.4 is 10.7 Å². The molecule has 0 aliphatic heterocycles. The summed E-state index contributed by atoms with van der Waals surface area (Å²) in [6, 6.07) is 17.1. The fourth-order valence-electron chi connectivity index (χ4n) is 3.27. The van der Waals surface area contributed by atoms with Crippen molar-refractivity contribution in [1.82, 2.24) is 4.68 Å². The van der Waals surface area contributed by atoms with E-state index >= 15 is 0 Å². The molecule has 2 aromatic carbocycles. The van der Waals surface area contributed by atoms with E-state index in [4.69, 9.17) is 9.84 Å². The van der Waals surface area contributed by atoms with E-state index in [1.807, 2.05) is 6.07 Å². The Hall–Kier alpha value is -3.91. The average Bonchev–Trinajstić information content (AvgIpc) is 3.10. The lowest BCUT2D eigenvalue weighted by Crippen LogP contribution is -2.25. The van der Waals surface area contributed by atoms with Gasteiger partial charge in [0.2, 0.25) is 5.78 Å². The SMILES string of the molecule is Cc1cc(C(=O)COC(=O)c2ccccc2NCCO)c(C)n1NC(=O)c1ccccc1. The second kappa shape index (κ2) is 10.4. The summed E-state index contributed by atoms with van der Waals surface area (Å²) in [4.78, 5) is 37.7. The molecule has 0 unspecified atom stereocenters. The average molecular weight is 435 g/mol. The number of ketones is 1. The fraction of sp³-hybridized carbons (Fsp3) is 0.208. The molecule has 166 valence electrons. The third-order valence-corrected chi connectivity index (χ3v) is 4.89. The van der Waals surface area contributed by atoms with Crippen LogP contribution in [0.4, 0.5) is 5.69 Å². The summed E-state index contributed by atoms with van der Waals surface area (Å²) in [6.45, 7) is 3.23. The Balaban J connectivity index is 1.68. The van der Waals surface area contributed by atoms with Crippen molar-refractivity contribution in [2.45, 2.75) is 13.8 Å². The summed E-state index contributed by atoms with van der Waals surface area (Å²) in [5.41, 5.74) is 5.62. The number of aromatic nitrogens is 1. The van der Waals surface area contributed by atoms with Gasteiger partial charge < -0.3 is 15.2 Å². The van der Waals surface area contributed by atoms with Gasteiger partial charge in [-0.2, -0.15) is 0 Å². The van der Waals surface area contributed by atoms with Gasteiger partial charge in [-0.05, 0) is 44.2 Å². The first kappa shape index (κ1) is 22.8. The number of carbonyl (C=O) groups excluding carboxylic acids is 3. The van der Waals surface area contributed by atoms with Crippen LogP contribution in [-0.2, 0) is 4.74 Å². The molecule has 8 heteroatoms. The number of aryl methyl sites for hydroxylation is 1. The lowest BCUT2D eigenvalue weighted by molar-refractivity contribution is 0.0475. The predicted octanol–water partition coefficient (Wildman–Crippen LogP) is 2.93. The molecule has 0 spiro atoms. The highest BCUT2D eigenvalue weighted by Gasteiger charge is 2.20. The first-order valence-corrected chi connectivity index (χ1v) is 10.1. The van der Waals surface area contributed by atoms with E-state index in [-0.39, 0.29) is 30.4 Å².